The zero-order valence-electron chi connectivity index (χ0n) is 22.7. The van der Waals surface area contributed by atoms with Gasteiger partial charge in [-0.15, -0.1) is 0 Å². The number of aliphatic carboxylic acids is 1. The van der Waals surface area contributed by atoms with Crippen LogP contribution in [0.4, 0.5) is 23.2 Å². The van der Waals surface area contributed by atoms with Crippen molar-refractivity contribution in [2.45, 2.75) is 54.7 Å². The van der Waals surface area contributed by atoms with Gasteiger partial charge < -0.3 is 25.2 Å². The number of nitrogens with one attached hydrogen (secondary N) is 2. The SMILES string of the molecule is COc1cc(F)c(OC2CC(C(=O)O)C2)cc1C(=O)NC1[C@H]2CC[C@H](C2)[C@@H]1C(=O)Nc1cccc(S(=O)(=O)C(F)(F)F)c1. The standard InChI is InChI=1S/C28H28F4N2O8S/c1-41-21-12-20(29)22(42-17-8-15(9-17)27(37)38)11-19(21)25(35)34-24-14-6-5-13(7-14)23(24)26(36)33-16-3-2-4-18(10-16)43(39,40)28(30,31)32/h2-4,10-15,17,23-24H,5-9H2,1H3,(H,33,36)(H,34,35)(H,37,38)/t13-,14+,15?,17?,23+,24?/m1/s1. The zero-order valence-corrected chi connectivity index (χ0v) is 23.5. The highest BCUT2D eigenvalue weighted by atomic mass is 32.2. The summed E-state index contributed by atoms with van der Waals surface area (Å²) in [5.41, 5.74) is -5.73. The van der Waals surface area contributed by atoms with Crippen molar-refractivity contribution < 1.29 is 54.9 Å². The molecule has 3 saturated carbocycles. The number of hydrogen-bond acceptors (Lipinski definition) is 7. The normalized spacial score (nSPS) is 26.3. The summed E-state index contributed by atoms with van der Waals surface area (Å²) in [6.07, 6.45) is 1.87. The number of alkyl halides is 3. The first-order valence-electron chi connectivity index (χ1n) is 13.5. The van der Waals surface area contributed by atoms with Crippen molar-refractivity contribution in [3.63, 3.8) is 0 Å². The van der Waals surface area contributed by atoms with E-state index in [1.54, 1.807) is 0 Å². The molecule has 3 fully saturated rings. The van der Waals surface area contributed by atoms with Gasteiger partial charge in [0, 0.05) is 17.8 Å². The highest BCUT2D eigenvalue weighted by Crippen LogP contribution is 2.49. The van der Waals surface area contributed by atoms with E-state index in [1.807, 2.05) is 0 Å². The number of ether oxygens (including phenoxy) is 2. The summed E-state index contributed by atoms with van der Waals surface area (Å²) in [4.78, 5) is 36.9. The Labute approximate surface area is 243 Å². The summed E-state index contributed by atoms with van der Waals surface area (Å²) in [6, 6.07) is 5.32. The monoisotopic (exact) mass is 628 g/mol. The number of fused-ring (bicyclic) bond motifs is 2. The smallest absolute Gasteiger partial charge is 0.496 e. The maximum Gasteiger partial charge on any atom is 0.501 e. The summed E-state index contributed by atoms with van der Waals surface area (Å²) in [5, 5.41) is 14.4. The molecule has 0 aliphatic heterocycles. The lowest BCUT2D eigenvalue weighted by Crippen LogP contribution is -2.48. The number of amides is 2. The Balaban J connectivity index is 1.33. The van der Waals surface area contributed by atoms with Gasteiger partial charge in [0.25, 0.3) is 15.7 Å². The van der Waals surface area contributed by atoms with Crippen molar-refractivity contribution in [2.75, 3.05) is 12.4 Å². The first-order valence-corrected chi connectivity index (χ1v) is 15.0. The Bertz CT molecular complexity index is 1560. The molecule has 43 heavy (non-hydrogen) atoms. The number of halogens is 4. The molecule has 15 heteroatoms. The number of rotatable bonds is 9. The molecule has 3 N–H and O–H groups in total. The van der Waals surface area contributed by atoms with Crippen LogP contribution in [0.2, 0.25) is 0 Å². The van der Waals surface area contributed by atoms with Gasteiger partial charge in [0.2, 0.25) is 5.91 Å². The van der Waals surface area contributed by atoms with E-state index < -0.39 is 67.8 Å². The second kappa shape index (κ2) is 11.3. The summed E-state index contributed by atoms with van der Waals surface area (Å²) < 4.78 is 88.3. The number of carboxylic acids is 1. The number of methoxy groups -OCH3 is 1. The lowest BCUT2D eigenvalue weighted by atomic mass is 9.82. The van der Waals surface area contributed by atoms with Gasteiger partial charge in [0.1, 0.15) is 11.9 Å². The molecule has 0 spiro atoms. The Morgan fingerprint density at radius 1 is 1.00 bits per heavy atom. The van der Waals surface area contributed by atoms with Crippen LogP contribution in [0.1, 0.15) is 42.5 Å². The molecule has 2 bridgehead atoms. The molecule has 10 nitrogen and oxygen atoms in total. The fraction of sp³-hybridized carbons (Fsp3) is 0.464. The summed E-state index contributed by atoms with van der Waals surface area (Å²) in [5.74, 6) is -4.96. The van der Waals surface area contributed by atoms with Gasteiger partial charge in [-0.3, -0.25) is 14.4 Å². The van der Waals surface area contributed by atoms with Gasteiger partial charge in [-0.1, -0.05) is 6.07 Å². The third-order valence-corrected chi connectivity index (χ3v) is 9.95. The second-order valence-electron chi connectivity index (χ2n) is 11.1. The third kappa shape index (κ3) is 5.86. The number of sulfone groups is 1. The van der Waals surface area contributed by atoms with Crippen LogP contribution in [-0.2, 0) is 19.4 Å². The summed E-state index contributed by atoms with van der Waals surface area (Å²) in [7, 11) is -4.38. The average molecular weight is 629 g/mol. The van der Waals surface area contributed by atoms with E-state index in [2.05, 4.69) is 10.6 Å². The molecule has 4 atom stereocenters. The molecular weight excluding hydrogens is 600 g/mol. The number of anilines is 1. The third-order valence-electron chi connectivity index (χ3n) is 8.47. The van der Waals surface area contributed by atoms with Crippen molar-refractivity contribution in [1.82, 2.24) is 5.32 Å². The van der Waals surface area contributed by atoms with Crippen LogP contribution in [0.5, 0.6) is 11.5 Å². The zero-order chi connectivity index (χ0) is 31.3. The molecule has 0 aromatic heterocycles. The number of carboxylic acid groups (broad SMARTS) is 1. The van der Waals surface area contributed by atoms with Crippen LogP contribution in [0, 0.1) is 29.5 Å². The predicted octanol–water partition coefficient (Wildman–Crippen LogP) is 4.15. The summed E-state index contributed by atoms with van der Waals surface area (Å²) >= 11 is 0. The Hall–Kier alpha value is -3.88. The molecule has 2 aromatic rings. The van der Waals surface area contributed by atoms with Gasteiger partial charge in [-0.05, 0) is 68.2 Å². The molecule has 0 saturated heterocycles. The van der Waals surface area contributed by atoms with E-state index in [0.29, 0.717) is 12.8 Å². The molecule has 232 valence electrons. The number of carbonyl (C=O) groups excluding carboxylic acids is 2. The number of benzene rings is 2. The molecule has 2 aromatic carbocycles. The van der Waals surface area contributed by atoms with Crippen LogP contribution in [0.15, 0.2) is 41.3 Å². The number of carbonyl (C=O) groups is 3. The largest absolute Gasteiger partial charge is 0.501 e. The minimum atomic E-state index is -5.63. The molecule has 0 radical (unpaired) electrons. The van der Waals surface area contributed by atoms with E-state index in [0.717, 1.165) is 36.8 Å². The maximum atomic E-state index is 14.7. The maximum absolute atomic E-state index is 14.7. The lowest BCUT2D eigenvalue weighted by molar-refractivity contribution is -0.148. The first kappa shape index (κ1) is 30.6. The van der Waals surface area contributed by atoms with E-state index in [4.69, 9.17) is 14.6 Å². The van der Waals surface area contributed by atoms with Crippen LogP contribution < -0.4 is 20.1 Å². The second-order valence-corrected chi connectivity index (χ2v) is 13.0. The van der Waals surface area contributed by atoms with Gasteiger partial charge in [0.05, 0.1) is 29.4 Å². The van der Waals surface area contributed by atoms with Crippen molar-refractivity contribution in [1.29, 1.82) is 0 Å². The molecule has 3 aliphatic carbocycles. The molecule has 2 amide bonds. The highest BCUT2D eigenvalue weighted by Gasteiger charge is 2.52. The molecular formula is C28H28F4N2O8S. The van der Waals surface area contributed by atoms with Gasteiger partial charge >= 0.3 is 11.5 Å². The summed E-state index contributed by atoms with van der Waals surface area (Å²) in [6.45, 7) is 0. The fourth-order valence-electron chi connectivity index (χ4n) is 6.22. The van der Waals surface area contributed by atoms with E-state index in [1.165, 1.54) is 13.2 Å². The van der Waals surface area contributed by atoms with Gasteiger partial charge in [-0.2, -0.15) is 13.2 Å². The minimum absolute atomic E-state index is 0.0694. The quantitative estimate of drug-likeness (QED) is 0.351. The first-order chi connectivity index (χ1) is 20.2. The predicted molar refractivity (Wildman–Crippen MR) is 142 cm³/mol. The van der Waals surface area contributed by atoms with E-state index in [-0.39, 0.29) is 47.4 Å². The highest BCUT2D eigenvalue weighted by molar-refractivity contribution is 7.92. The van der Waals surface area contributed by atoms with Crippen LogP contribution in [0.25, 0.3) is 0 Å². The van der Waals surface area contributed by atoms with Crippen molar-refractivity contribution in [2.24, 2.45) is 23.7 Å². The van der Waals surface area contributed by atoms with Crippen LogP contribution in [0.3, 0.4) is 0 Å². The van der Waals surface area contributed by atoms with Gasteiger partial charge in [0.15, 0.2) is 11.6 Å². The topological polar surface area (TPSA) is 148 Å². The molecule has 3 aliphatic rings. The fourth-order valence-corrected chi connectivity index (χ4v) is 7.03. The number of hydrogen-bond donors (Lipinski definition) is 3. The van der Waals surface area contributed by atoms with Crippen LogP contribution in [-0.4, -0.2) is 56.1 Å². The van der Waals surface area contributed by atoms with Gasteiger partial charge in [-0.25, -0.2) is 12.8 Å². The van der Waals surface area contributed by atoms with Crippen LogP contribution >= 0.6 is 0 Å². The average Bonchev–Trinajstić information content (AvgIpc) is 3.52. The Kier molecular flexibility index (Phi) is 8.05. The van der Waals surface area contributed by atoms with E-state index >= 15 is 0 Å². The molecule has 0 heterocycles. The molecule has 5 rings (SSSR count). The van der Waals surface area contributed by atoms with E-state index in [9.17, 15) is 40.4 Å². The van der Waals surface area contributed by atoms with Crippen molar-refractivity contribution in [3.05, 3.63) is 47.8 Å². The van der Waals surface area contributed by atoms with Crippen molar-refractivity contribution in [3.8, 4) is 11.5 Å². The Morgan fingerprint density at radius 3 is 2.35 bits per heavy atom. The lowest BCUT2D eigenvalue weighted by Gasteiger charge is -2.33. The van der Waals surface area contributed by atoms with Crippen molar-refractivity contribution >= 4 is 33.3 Å². The molecule has 1 unspecified atom stereocenters. The minimum Gasteiger partial charge on any atom is -0.496 e. The Morgan fingerprint density at radius 2 is 1.70 bits per heavy atom.